The highest BCUT2D eigenvalue weighted by molar-refractivity contribution is 6.30. The van der Waals surface area contributed by atoms with Crippen LogP contribution in [0.5, 0.6) is 0 Å². The number of halogens is 1. The van der Waals surface area contributed by atoms with E-state index < -0.39 is 0 Å². The molecule has 0 bridgehead atoms. The number of hydrogen-bond acceptors (Lipinski definition) is 2. The smallest absolute Gasteiger partial charge is 0.133 e. The quantitative estimate of drug-likeness (QED) is 0.705. The lowest BCUT2D eigenvalue weighted by Crippen LogP contribution is -2.13. The van der Waals surface area contributed by atoms with Gasteiger partial charge in [-0.2, -0.15) is 0 Å². The van der Waals surface area contributed by atoms with Gasteiger partial charge in [0.05, 0.1) is 0 Å². The van der Waals surface area contributed by atoms with Crippen molar-refractivity contribution in [3.05, 3.63) is 28.5 Å². The summed E-state index contributed by atoms with van der Waals surface area (Å²) in [5.74, 6) is 0. The highest BCUT2D eigenvalue weighted by Crippen LogP contribution is 2.24. The SMILES string of the molecule is CC(C)(C)c1cnc(Cl)c(CN)c1. The summed E-state index contributed by atoms with van der Waals surface area (Å²) in [6, 6.07) is 2.02. The molecule has 2 nitrogen and oxygen atoms in total. The van der Waals surface area contributed by atoms with Crippen molar-refractivity contribution < 1.29 is 0 Å². The van der Waals surface area contributed by atoms with Crippen molar-refractivity contribution in [3.63, 3.8) is 0 Å². The van der Waals surface area contributed by atoms with Crippen LogP contribution in [0.3, 0.4) is 0 Å². The fourth-order valence-electron chi connectivity index (χ4n) is 1.05. The first kappa shape index (κ1) is 10.5. The molecule has 1 rings (SSSR count). The minimum absolute atomic E-state index is 0.0987. The second kappa shape index (κ2) is 3.64. The van der Waals surface area contributed by atoms with Crippen LogP contribution < -0.4 is 5.73 Å². The molecule has 0 aromatic carbocycles. The molecule has 0 amide bonds. The van der Waals surface area contributed by atoms with E-state index in [0.29, 0.717) is 11.7 Å². The van der Waals surface area contributed by atoms with Crippen molar-refractivity contribution in [3.8, 4) is 0 Å². The average Bonchev–Trinajstić information content (AvgIpc) is 2.03. The molecule has 0 saturated carbocycles. The molecule has 0 fully saturated rings. The summed E-state index contributed by atoms with van der Waals surface area (Å²) in [5.41, 5.74) is 7.71. The van der Waals surface area contributed by atoms with Crippen LogP contribution in [0.4, 0.5) is 0 Å². The van der Waals surface area contributed by atoms with Crippen LogP contribution in [0.2, 0.25) is 5.15 Å². The fourth-order valence-corrected chi connectivity index (χ4v) is 1.23. The van der Waals surface area contributed by atoms with E-state index in [1.165, 1.54) is 0 Å². The lowest BCUT2D eigenvalue weighted by Gasteiger charge is -2.19. The molecule has 72 valence electrons. The summed E-state index contributed by atoms with van der Waals surface area (Å²) >= 11 is 5.86. The van der Waals surface area contributed by atoms with E-state index >= 15 is 0 Å². The van der Waals surface area contributed by atoms with Gasteiger partial charge in [-0.25, -0.2) is 4.98 Å². The van der Waals surface area contributed by atoms with Crippen LogP contribution in [0.25, 0.3) is 0 Å². The van der Waals surface area contributed by atoms with Crippen molar-refractivity contribution in [1.29, 1.82) is 0 Å². The van der Waals surface area contributed by atoms with Gasteiger partial charge in [0.25, 0.3) is 0 Å². The predicted octanol–water partition coefficient (Wildman–Crippen LogP) is 2.49. The van der Waals surface area contributed by atoms with Crippen molar-refractivity contribution >= 4 is 11.6 Å². The van der Waals surface area contributed by atoms with Gasteiger partial charge in [-0.3, -0.25) is 0 Å². The summed E-state index contributed by atoms with van der Waals surface area (Å²) in [4.78, 5) is 4.10. The third kappa shape index (κ3) is 2.42. The molecule has 0 aliphatic rings. The zero-order valence-corrected chi connectivity index (χ0v) is 9.02. The number of nitrogens with zero attached hydrogens (tertiary/aromatic N) is 1. The molecule has 0 aliphatic carbocycles. The van der Waals surface area contributed by atoms with Gasteiger partial charge in [0.15, 0.2) is 0 Å². The molecule has 0 radical (unpaired) electrons. The summed E-state index contributed by atoms with van der Waals surface area (Å²) < 4.78 is 0. The van der Waals surface area contributed by atoms with Gasteiger partial charge in [0.1, 0.15) is 5.15 Å². The van der Waals surface area contributed by atoms with Crippen molar-refractivity contribution in [2.75, 3.05) is 0 Å². The maximum Gasteiger partial charge on any atom is 0.133 e. The predicted molar refractivity (Wildman–Crippen MR) is 55.8 cm³/mol. The second-order valence-corrected chi connectivity index (χ2v) is 4.49. The third-order valence-electron chi connectivity index (χ3n) is 2.00. The Bertz CT molecular complexity index is 302. The fraction of sp³-hybridized carbons (Fsp3) is 0.500. The number of pyridine rings is 1. The highest BCUT2D eigenvalue weighted by Gasteiger charge is 2.15. The van der Waals surface area contributed by atoms with E-state index in [1.54, 1.807) is 0 Å². The molecule has 0 aliphatic heterocycles. The third-order valence-corrected chi connectivity index (χ3v) is 2.34. The number of rotatable bonds is 1. The Labute approximate surface area is 84.1 Å². The Kier molecular flexibility index (Phi) is 2.94. The molecule has 1 heterocycles. The van der Waals surface area contributed by atoms with Crippen LogP contribution in [0.1, 0.15) is 31.9 Å². The van der Waals surface area contributed by atoms with Crippen LogP contribution in [0.15, 0.2) is 12.3 Å². The second-order valence-electron chi connectivity index (χ2n) is 4.13. The van der Waals surface area contributed by atoms with Crippen molar-refractivity contribution in [2.24, 2.45) is 5.73 Å². The lowest BCUT2D eigenvalue weighted by molar-refractivity contribution is 0.586. The summed E-state index contributed by atoms with van der Waals surface area (Å²) in [6.07, 6.45) is 1.81. The highest BCUT2D eigenvalue weighted by atomic mass is 35.5. The molecule has 2 N–H and O–H groups in total. The summed E-state index contributed by atoms with van der Waals surface area (Å²) in [7, 11) is 0. The van der Waals surface area contributed by atoms with E-state index in [1.807, 2.05) is 12.3 Å². The molecular weight excluding hydrogens is 184 g/mol. The van der Waals surface area contributed by atoms with Crippen molar-refractivity contribution in [1.82, 2.24) is 4.98 Å². The Morgan fingerprint density at radius 3 is 2.54 bits per heavy atom. The van der Waals surface area contributed by atoms with E-state index in [-0.39, 0.29) is 5.41 Å². The molecular formula is C10H15ClN2. The van der Waals surface area contributed by atoms with Crippen LogP contribution in [0, 0.1) is 0 Å². The Morgan fingerprint density at radius 1 is 1.46 bits per heavy atom. The molecule has 0 spiro atoms. The zero-order chi connectivity index (χ0) is 10.1. The van der Waals surface area contributed by atoms with Gasteiger partial charge >= 0.3 is 0 Å². The van der Waals surface area contributed by atoms with Gasteiger partial charge < -0.3 is 5.73 Å². The van der Waals surface area contributed by atoms with E-state index in [0.717, 1.165) is 11.1 Å². The monoisotopic (exact) mass is 198 g/mol. The summed E-state index contributed by atoms with van der Waals surface area (Å²) in [6.45, 7) is 6.85. The largest absolute Gasteiger partial charge is 0.326 e. The zero-order valence-electron chi connectivity index (χ0n) is 8.26. The molecule has 0 unspecified atom stereocenters. The van der Waals surface area contributed by atoms with Gasteiger partial charge in [-0.05, 0) is 17.0 Å². The average molecular weight is 199 g/mol. The summed E-state index contributed by atoms with van der Waals surface area (Å²) in [5, 5.41) is 0.510. The molecule has 0 atom stereocenters. The number of hydrogen-bond donors (Lipinski definition) is 1. The Balaban J connectivity index is 3.14. The van der Waals surface area contributed by atoms with E-state index in [2.05, 4.69) is 25.8 Å². The Morgan fingerprint density at radius 2 is 2.08 bits per heavy atom. The molecule has 13 heavy (non-hydrogen) atoms. The van der Waals surface area contributed by atoms with Gasteiger partial charge in [-0.1, -0.05) is 32.4 Å². The van der Waals surface area contributed by atoms with Crippen LogP contribution in [-0.4, -0.2) is 4.98 Å². The maximum atomic E-state index is 5.86. The van der Waals surface area contributed by atoms with Crippen LogP contribution in [-0.2, 0) is 12.0 Å². The van der Waals surface area contributed by atoms with E-state index in [4.69, 9.17) is 17.3 Å². The molecule has 0 saturated heterocycles. The van der Waals surface area contributed by atoms with Gasteiger partial charge in [0.2, 0.25) is 0 Å². The van der Waals surface area contributed by atoms with Gasteiger partial charge in [-0.15, -0.1) is 0 Å². The van der Waals surface area contributed by atoms with Crippen LogP contribution >= 0.6 is 11.6 Å². The first-order valence-corrected chi connectivity index (χ1v) is 4.68. The number of aromatic nitrogens is 1. The van der Waals surface area contributed by atoms with Crippen molar-refractivity contribution in [2.45, 2.75) is 32.7 Å². The minimum atomic E-state index is 0.0987. The topological polar surface area (TPSA) is 38.9 Å². The molecule has 1 aromatic rings. The molecule has 1 aromatic heterocycles. The lowest BCUT2D eigenvalue weighted by atomic mass is 9.88. The first-order valence-electron chi connectivity index (χ1n) is 4.30. The molecule has 3 heteroatoms. The van der Waals surface area contributed by atoms with E-state index in [9.17, 15) is 0 Å². The maximum absolute atomic E-state index is 5.86. The minimum Gasteiger partial charge on any atom is -0.326 e. The standard InChI is InChI=1S/C10H15ClN2/c1-10(2,3)8-4-7(5-12)9(11)13-6-8/h4,6H,5,12H2,1-3H3. The van der Waals surface area contributed by atoms with Gasteiger partial charge in [0, 0.05) is 18.3 Å². The number of nitrogens with two attached hydrogens (primary N) is 1. The normalized spacial score (nSPS) is 11.8. The Hall–Kier alpha value is -0.600. The first-order chi connectivity index (χ1) is 5.95.